The maximum atomic E-state index is 12.1. The van der Waals surface area contributed by atoms with Crippen molar-refractivity contribution in [3.8, 4) is 0 Å². The molecule has 1 aromatic heterocycles. The normalized spacial score (nSPS) is 10.7. The third-order valence-corrected chi connectivity index (χ3v) is 3.44. The van der Waals surface area contributed by atoms with E-state index in [4.69, 9.17) is 9.15 Å². The van der Waals surface area contributed by atoms with Crippen LogP contribution in [0.25, 0.3) is 0 Å². The molecule has 0 atom stereocenters. The third kappa shape index (κ3) is 3.73. The number of furan rings is 1. The van der Waals surface area contributed by atoms with Crippen molar-refractivity contribution in [3.63, 3.8) is 0 Å². The second-order valence-electron chi connectivity index (χ2n) is 5.26. The molecule has 0 saturated heterocycles. The van der Waals surface area contributed by atoms with Crippen LogP contribution >= 0.6 is 0 Å². The van der Waals surface area contributed by atoms with E-state index in [2.05, 4.69) is 38.2 Å². The van der Waals surface area contributed by atoms with Crippen LogP contribution in [-0.4, -0.2) is 13.0 Å². The minimum absolute atomic E-state index is 0.211. The molecule has 1 N–H and O–H groups in total. The van der Waals surface area contributed by atoms with Crippen molar-refractivity contribution in [2.45, 2.75) is 33.9 Å². The second kappa shape index (κ2) is 6.59. The number of hydrogen-bond donors (Lipinski definition) is 1. The molecule has 21 heavy (non-hydrogen) atoms. The van der Waals surface area contributed by atoms with Gasteiger partial charge < -0.3 is 14.5 Å². The number of methoxy groups -OCH3 is 1. The smallest absolute Gasteiger partial charge is 0.287 e. The molecule has 2 aromatic rings. The highest BCUT2D eigenvalue weighted by molar-refractivity contribution is 5.91. The molecule has 112 valence electrons. The summed E-state index contributed by atoms with van der Waals surface area (Å²) in [7, 11) is 1.59. The quantitative estimate of drug-likeness (QED) is 0.918. The van der Waals surface area contributed by atoms with Crippen molar-refractivity contribution in [2.75, 3.05) is 7.11 Å². The lowest BCUT2D eigenvalue weighted by Crippen LogP contribution is -2.23. The van der Waals surface area contributed by atoms with Gasteiger partial charge in [0, 0.05) is 13.7 Å². The first-order valence-corrected chi connectivity index (χ1v) is 6.94. The van der Waals surface area contributed by atoms with Gasteiger partial charge in [0.2, 0.25) is 0 Å². The van der Waals surface area contributed by atoms with Gasteiger partial charge in [0.1, 0.15) is 12.4 Å². The van der Waals surface area contributed by atoms with Gasteiger partial charge in [-0.1, -0.05) is 17.7 Å². The molecule has 0 unspecified atom stereocenters. The topological polar surface area (TPSA) is 51.5 Å². The van der Waals surface area contributed by atoms with Crippen LogP contribution in [0.1, 0.15) is 38.6 Å². The number of carbonyl (C=O) groups is 1. The number of amides is 1. The van der Waals surface area contributed by atoms with Crippen LogP contribution in [0.15, 0.2) is 28.7 Å². The van der Waals surface area contributed by atoms with E-state index in [1.54, 1.807) is 19.2 Å². The van der Waals surface area contributed by atoms with Crippen LogP contribution in [-0.2, 0) is 17.9 Å². The fourth-order valence-corrected chi connectivity index (χ4v) is 2.46. The highest BCUT2D eigenvalue weighted by Crippen LogP contribution is 2.16. The summed E-state index contributed by atoms with van der Waals surface area (Å²) in [6, 6.07) is 7.66. The average Bonchev–Trinajstić information content (AvgIpc) is 2.86. The Morgan fingerprint density at radius 1 is 1.19 bits per heavy atom. The Morgan fingerprint density at radius 3 is 2.48 bits per heavy atom. The van der Waals surface area contributed by atoms with Gasteiger partial charge in [0.05, 0.1) is 0 Å². The molecule has 0 fully saturated rings. The summed E-state index contributed by atoms with van der Waals surface area (Å²) < 4.78 is 10.4. The van der Waals surface area contributed by atoms with Crippen molar-refractivity contribution < 1.29 is 13.9 Å². The van der Waals surface area contributed by atoms with Gasteiger partial charge in [-0.2, -0.15) is 0 Å². The van der Waals surface area contributed by atoms with Gasteiger partial charge >= 0.3 is 0 Å². The number of rotatable bonds is 5. The van der Waals surface area contributed by atoms with E-state index in [9.17, 15) is 4.79 Å². The van der Waals surface area contributed by atoms with Crippen LogP contribution in [0, 0.1) is 20.8 Å². The molecular formula is C17H21NO3. The summed E-state index contributed by atoms with van der Waals surface area (Å²) in [6.07, 6.45) is 0. The van der Waals surface area contributed by atoms with Crippen LogP contribution in [0.4, 0.5) is 0 Å². The number of hydrogen-bond acceptors (Lipinski definition) is 3. The first-order valence-electron chi connectivity index (χ1n) is 6.94. The van der Waals surface area contributed by atoms with Gasteiger partial charge in [0.15, 0.2) is 5.76 Å². The van der Waals surface area contributed by atoms with E-state index in [0.29, 0.717) is 24.7 Å². The minimum Gasteiger partial charge on any atom is -0.453 e. The monoisotopic (exact) mass is 287 g/mol. The fourth-order valence-electron chi connectivity index (χ4n) is 2.46. The number of ether oxygens (including phenoxy) is 1. The maximum Gasteiger partial charge on any atom is 0.287 e. The molecule has 1 heterocycles. The van der Waals surface area contributed by atoms with Crippen molar-refractivity contribution in [1.29, 1.82) is 0 Å². The summed E-state index contributed by atoms with van der Waals surface area (Å²) >= 11 is 0. The zero-order chi connectivity index (χ0) is 15.4. The summed E-state index contributed by atoms with van der Waals surface area (Å²) in [5, 5.41) is 2.90. The predicted octanol–water partition coefficient (Wildman–Crippen LogP) is 3.28. The van der Waals surface area contributed by atoms with Gasteiger partial charge in [-0.05, 0) is 49.6 Å². The molecule has 0 aliphatic carbocycles. The Kier molecular flexibility index (Phi) is 4.81. The van der Waals surface area contributed by atoms with Crippen molar-refractivity contribution in [3.05, 3.63) is 58.0 Å². The molecule has 0 aliphatic heterocycles. The number of carbonyl (C=O) groups excluding carboxylic acids is 1. The highest BCUT2D eigenvalue weighted by Gasteiger charge is 2.12. The van der Waals surface area contributed by atoms with Crippen molar-refractivity contribution in [1.82, 2.24) is 5.32 Å². The standard InChI is InChI=1S/C17H21NO3/c1-11-7-12(2)15(13(3)8-11)9-18-17(19)16-6-5-14(21-16)10-20-4/h5-8H,9-10H2,1-4H3,(H,18,19). The summed E-state index contributed by atoms with van der Waals surface area (Å²) in [4.78, 5) is 12.1. The lowest BCUT2D eigenvalue weighted by Gasteiger charge is -2.11. The Labute approximate surface area is 125 Å². The minimum atomic E-state index is -0.211. The van der Waals surface area contributed by atoms with E-state index >= 15 is 0 Å². The first kappa shape index (κ1) is 15.3. The van der Waals surface area contributed by atoms with Gasteiger partial charge in [0.25, 0.3) is 5.91 Å². The first-order chi connectivity index (χ1) is 10.0. The van der Waals surface area contributed by atoms with Gasteiger partial charge in [-0.3, -0.25) is 4.79 Å². The zero-order valence-corrected chi connectivity index (χ0v) is 12.9. The Morgan fingerprint density at radius 2 is 1.86 bits per heavy atom. The molecule has 0 bridgehead atoms. The maximum absolute atomic E-state index is 12.1. The zero-order valence-electron chi connectivity index (χ0n) is 12.9. The van der Waals surface area contributed by atoms with Crippen LogP contribution in [0.5, 0.6) is 0 Å². The molecule has 0 radical (unpaired) electrons. The Balaban J connectivity index is 2.04. The molecule has 0 aliphatic rings. The molecular weight excluding hydrogens is 266 g/mol. The van der Waals surface area contributed by atoms with Crippen LogP contribution < -0.4 is 5.32 Å². The van der Waals surface area contributed by atoms with E-state index in [1.165, 1.54) is 16.7 Å². The van der Waals surface area contributed by atoms with Gasteiger partial charge in [-0.15, -0.1) is 0 Å². The van der Waals surface area contributed by atoms with Gasteiger partial charge in [-0.25, -0.2) is 0 Å². The van der Waals surface area contributed by atoms with Crippen molar-refractivity contribution in [2.24, 2.45) is 0 Å². The highest BCUT2D eigenvalue weighted by atomic mass is 16.5. The van der Waals surface area contributed by atoms with Crippen LogP contribution in [0.3, 0.4) is 0 Å². The number of aryl methyl sites for hydroxylation is 3. The second-order valence-corrected chi connectivity index (χ2v) is 5.26. The summed E-state index contributed by atoms with van der Waals surface area (Å²) in [6.45, 7) is 7.05. The summed E-state index contributed by atoms with van der Waals surface area (Å²) in [5.74, 6) is 0.742. The fraction of sp³-hybridized carbons (Fsp3) is 0.353. The molecule has 4 heteroatoms. The third-order valence-electron chi connectivity index (χ3n) is 3.44. The molecule has 0 spiro atoms. The Bertz CT molecular complexity index is 620. The molecule has 1 aromatic carbocycles. The van der Waals surface area contributed by atoms with E-state index in [1.807, 2.05) is 0 Å². The largest absolute Gasteiger partial charge is 0.453 e. The average molecular weight is 287 g/mol. The summed E-state index contributed by atoms with van der Waals surface area (Å²) in [5.41, 5.74) is 4.76. The lowest BCUT2D eigenvalue weighted by molar-refractivity contribution is 0.0914. The molecule has 4 nitrogen and oxygen atoms in total. The lowest BCUT2D eigenvalue weighted by atomic mass is 10.00. The van der Waals surface area contributed by atoms with E-state index < -0.39 is 0 Å². The molecule has 2 rings (SSSR count). The number of benzene rings is 1. The number of nitrogens with one attached hydrogen (secondary N) is 1. The van der Waals surface area contributed by atoms with E-state index in [-0.39, 0.29) is 5.91 Å². The Hall–Kier alpha value is -2.07. The SMILES string of the molecule is COCc1ccc(C(=O)NCc2c(C)cc(C)cc2C)o1. The predicted molar refractivity (Wildman–Crippen MR) is 81.2 cm³/mol. The van der Waals surface area contributed by atoms with Crippen molar-refractivity contribution >= 4 is 5.91 Å². The molecule has 1 amide bonds. The molecule has 0 saturated carbocycles. The van der Waals surface area contributed by atoms with E-state index in [0.717, 1.165) is 5.56 Å². The van der Waals surface area contributed by atoms with Crippen LogP contribution in [0.2, 0.25) is 0 Å².